The second-order valence-corrected chi connectivity index (χ2v) is 8.03. The van der Waals surface area contributed by atoms with E-state index in [0.29, 0.717) is 0 Å². The predicted octanol–water partition coefficient (Wildman–Crippen LogP) is 9.07. The van der Waals surface area contributed by atoms with Crippen LogP contribution in [0.4, 0.5) is 0 Å². The van der Waals surface area contributed by atoms with Crippen LogP contribution in [0.15, 0.2) is 109 Å². The summed E-state index contributed by atoms with van der Waals surface area (Å²) in [4.78, 5) is 0. The summed E-state index contributed by atoms with van der Waals surface area (Å²) in [5.41, 5.74) is 5.27. The number of hydrogen-bond acceptors (Lipinski definition) is 0. The molecule has 6 aromatic rings. The molecule has 6 aromatic carbocycles. The number of fused-ring (bicyclic) bond motifs is 4. The fraction of sp³-hybridized carbons (Fsp3) is 0.0625. The van der Waals surface area contributed by atoms with Gasteiger partial charge in [0.05, 0.1) is 0 Å². The molecule has 0 unspecified atom stereocenters. The largest absolute Gasteiger partial charge is 0.150 e. The Kier molecular flexibility index (Phi) is 10.4. The monoisotopic (exact) mass is 532 g/mol. The predicted molar refractivity (Wildman–Crippen MR) is 150 cm³/mol. The Balaban J connectivity index is 0.000000212. The minimum absolute atomic E-state index is 0. The van der Waals surface area contributed by atoms with Crippen molar-refractivity contribution in [1.82, 2.24) is 0 Å². The summed E-state index contributed by atoms with van der Waals surface area (Å²) in [5, 5.41) is 8.11. The third-order valence-electron chi connectivity index (χ3n) is 5.78. The van der Waals surface area contributed by atoms with Gasteiger partial charge in [-0.05, 0) is 13.8 Å². The van der Waals surface area contributed by atoms with Crippen LogP contribution in [0.5, 0.6) is 0 Å². The summed E-state index contributed by atoms with van der Waals surface area (Å²) >= 11 is 1.36. The van der Waals surface area contributed by atoms with Crippen LogP contribution in [-0.2, 0) is 23.3 Å². The molecule has 0 saturated carbocycles. The number of aryl methyl sites for hydroxylation is 2. The molecule has 170 valence electrons. The summed E-state index contributed by atoms with van der Waals surface area (Å²) in [6, 6.07) is 39.0. The van der Waals surface area contributed by atoms with Crippen LogP contribution in [-0.4, -0.2) is 6.88 Å². The fourth-order valence-corrected chi connectivity index (χ4v) is 4.28. The second kappa shape index (κ2) is 12.8. The molecule has 0 amide bonds. The van der Waals surface area contributed by atoms with Crippen molar-refractivity contribution in [2.24, 2.45) is 0 Å². The molecule has 2 radical (unpaired) electrons. The third kappa shape index (κ3) is 5.93. The van der Waals surface area contributed by atoms with Gasteiger partial charge in [-0.2, -0.15) is 0 Å². The molecule has 6 rings (SSSR count). The van der Waals surface area contributed by atoms with Gasteiger partial charge in [0.15, 0.2) is 0 Å². The van der Waals surface area contributed by atoms with Gasteiger partial charge in [0.2, 0.25) is 0 Å². The molecule has 0 aliphatic rings. The third-order valence-corrected chi connectivity index (χ3v) is 5.78. The van der Waals surface area contributed by atoms with Crippen LogP contribution in [0, 0.1) is 28.7 Å². The molecule has 0 saturated heterocycles. The Morgan fingerprint density at radius 2 is 1.12 bits per heavy atom. The Hall–Kier alpha value is -2.54. The zero-order valence-corrected chi connectivity index (χ0v) is 23.9. The molecule has 0 spiro atoms. The van der Waals surface area contributed by atoms with Gasteiger partial charge >= 0.3 is 30.2 Å². The second-order valence-electron chi connectivity index (χ2n) is 8.03. The first kappa shape index (κ1) is 27.7. The molecular weight excluding hydrogens is 504 g/mol. The molecule has 0 aliphatic heterocycles. The van der Waals surface area contributed by atoms with Gasteiger partial charge in [-0.3, -0.25) is 0 Å². The van der Waals surface area contributed by atoms with E-state index in [1.807, 2.05) is 0 Å². The Morgan fingerprint density at radius 3 is 1.71 bits per heavy atom. The van der Waals surface area contributed by atoms with Crippen molar-refractivity contribution >= 4 is 39.2 Å². The molecule has 2 heteroatoms. The van der Waals surface area contributed by atoms with Crippen LogP contribution in [0.1, 0.15) is 11.1 Å². The fourth-order valence-electron chi connectivity index (χ4n) is 4.28. The first-order chi connectivity index (χ1) is 15.7. The molecule has 0 aliphatic carbocycles. The number of benzene rings is 4. The van der Waals surface area contributed by atoms with Crippen molar-refractivity contribution in [3.63, 3.8) is 0 Å². The molecule has 0 N–H and O–H groups in total. The van der Waals surface area contributed by atoms with Crippen LogP contribution in [0.2, 0.25) is 0 Å². The summed E-state index contributed by atoms with van der Waals surface area (Å²) in [6.07, 6.45) is 0. The maximum Gasteiger partial charge on any atom is -0.0623 e. The zero-order valence-electron chi connectivity index (χ0n) is 20.4. The van der Waals surface area contributed by atoms with Crippen molar-refractivity contribution in [3.05, 3.63) is 135 Å². The molecule has 0 heterocycles. The van der Waals surface area contributed by atoms with Gasteiger partial charge in [0.1, 0.15) is 0 Å². The first-order valence-electron chi connectivity index (χ1n) is 10.7. The topological polar surface area (TPSA) is 0 Å². The Morgan fingerprint density at radius 1 is 0.588 bits per heavy atom. The van der Waals surface area contributed by atoms with Crippen LogP contribution < -0.4 is 0 Å². The van der Waals surface area contributed by atoms with E-state index in [9.17, 15) is 0 Å². The first-order valence-corrected chi connectivity index (χ1v) is 14.9. The molecule has 0 fully saturated rings. The van der Waals surface area contributed by atoms with E-state index in [-0.39, 0.29) is 14.9 Å². The van der Waals surface area contributed by atoms with Crippen molar-refractivity contribution in [2.45, 2.75) is 13.8 Å². The van der Waals surface area contributed by atoms with E-state index in [2.05, 4.69) is 130 Å². The van der Waals surface area contributed by atoms with Crippen LogP contribution >= 0.6 is 0 Å². The average Bonchev–Trinajstić information content (AvgIpc) is 3.42. The van der Waals surface area contributed by atoms with Crippen LogP contribution in [0.25, 0.3) is 43.4 Å². The quantitative estimate of drug-likeness (QED) is 0.146. The van der Waals surface area contributed by atoms with E-state index in [1.54, 1.807) is 0 Å². The SMILES string of the molecule is Cc1ccc2c(c1)[cH-]c1cc(C)ccc12.[CH3-].[CH3-].[Si]=[Zr].c1ccc(-c2c[cH-]c3ccccc23)cc1. The number of hydrogen-bond donors (Lipinski definition) is 0. The van der Waals surface area contributed by atoms with E-state index in [1.165, 1.54) is 77.9 Å². The van der Waals surface area contributed by atoms with Gasteiger partial charge < -0.3 is 14.9 Å². The number of rotatable bonds is 1. The summed E-state index contributed by atoms with van der Waals surface area (Å²) < 4.78 is 0. The normalized spacial score (nSPS) is 9.79. The molecular formula is C32H30SiZr-4. The molecule has 0 bridgehead atoms. The molecule has 0 aromatic heterocycles. The van der Waals surface area contributed by atoms with Crippen molar-refractivity contribution in [3.8, 4) is 11.1 Å². The Labute approximate surface area is 221 Å². The maximum absolute atomic E-state index is 3.06. The van der Waals surface area contributed by atoms with Crippen LogP contribution in [0.3, 0.4) is 0 Å². The van der Waals surface area contributed by atoms with E-state index < -0.39 is 0 Å². The maximum atomic E-state index is 3.06. The van der Waals surface area contributed by atoms with Crippen molar-refractivity contribution in [2.75, 3.05) is 0 Å². The molecule has 0 nitrogen and oxygen atoms in total. The van der Waals surface area contributed by atoms with E-state index >= 15 is 0 Å². The summed E-state index contributed by atoms with van der Waals surface area (Å²) in [6.45, 7) is 7.34. The summed E-state index contributed by atoms with van der Waals surface area (Å²) in [5.74, 6) is 0. The van der Waals surface area contributed by atoms with Gasteiger partial charge in [0, 0.05) is 0 Å². The standard InChI is InChI=1S/C15H13.C15H11.2CH3.Si.Zr/c1-10-3-5-14-12(7-10)9-13-8-11(2)4-6-15(13)14;1-2-6-12(7-3-1)15-11-10-13-8-4-5-9-14(13)15;;;;/h3-9H,1-2H3;1-11H;2*1H3;;/q4*-1;;. The van der Waals surface area contributed by atoms with Gasteiger partial charge in [-0.1, -0.05) is 77.4 Å². The molecule has 0 atom stereocenters. The summed E-state index contributed by atoms with van der Waals surface area (Å²) in [7, 11) is 0. The minimum atomic E-state index is 0. The minimum Gasteiger partial charge on any atom is -0.150 e. The van der Waals surface area contributed by atoms with E-state index in [0.717, 1.165) is 0 Å². The zero-order chi connectivity index (χ0) is 22.5. The van der Waals surface area contributed by atoms with Gasteiger partial charge in [-0.25, -0.2) is 0 Å². The van der Waals surface area contributed by atoms with Crippen molar-refractivity contribution in [1.29, 1.82) is 0 Å². The molecule has 34 heavy (non-hydrogen) atoms. The Bertz CT molecular complexity index is 1410. The van der Waals surface area contributed by atoms with Gasteiger partial charge in [-0.15, -0.1) is 86.4 Å². The van der Waals surface area contributed by atoms with Crippen molar-refractivity contribution < 1.29 is 23.3 Å². The smallest absolute Gasteiger partial charge is 0.0623 e. The van der Waals surface area contributed by atoms with E-state index in [4.69, 9.17) is 0 Å². The van der Waals surface area contributed by atoms with Gasteiger partial charge in [0.25, 0.3) is 0 Å². The average molecular weight is 534 g/mol.